The highest BCUT2D eigenvalue weighted by molar-refractivity contribution is 7.89. The van der Waals surface area contributed by atoms with E-state index < -0.39 is 10.0 Å². The van der Waals surface area contributed by atoms with Crippen LogP contribution in [0, 0.1) is 0 Å². The number of nitrogens with zero attached hydrogens (tertiary/aromatic N) is 3. The van der Waals surface area contributed by atoms with Crippen LogP contribution in [0.5, 0.6) is 0 Å². The maximum Gasteiger partial charge on any atom is 0.244 e. The van der Waals surface area contributed by atoms with E-state index in [-0.39, 0.29) is 24.4 Å². The number of aromatic nitrogens is 2. The Morgan fingerprint density at radius 1 is 1.28 bits per heavy atom. The predicted molar refractivity (Wildman–Crippen MR) is 100 cm³/mol. The van der Waals surface area contributed by atoms with Crippen molar-refractivity contribution in [3.05, 3.63) is 48.0 Å². The van der Waals surface area contributed by atoms with Gasteiger partial charge in [0.2, 0.25) is 10.0 Å². The second-order valence-corrected chi connectivity index (χ2v) is 8.28. The zero-order valence-corrected chi connectivity index (χ0v) is 16.3. The summed E-state index contributed by atoms with van der Waals surface area (Å²) in [6.45, 7) is 5.68. The highest BCUT2D eigenvalue weighted by atomic mass is 35.5. The molecule has 1 fully saturated rings. The quantitative estimate of drug-likeness (QED) is 0.878. The lowest BCUT2D eigenvalue weighted by atomic mass is 10.0. The van der Waals surface area contributed by atoms with Crippen LogP contribution in [0.25, 0.3) is 0 Å². The van der Waals surface area contributed by atoms with E-state index in [0.29, 0.717) is 24.5 Å². The van der Waals surface area contributed by atoms with Crippen molar-refractivity contribution < 1.29 is 8.42 Å². The van der Waals surface area contributed by atoms with Crippen molar-refractivity contribution in [1.29, 1.82) is 0 Å². The fourth-order valence-electron chi connectivity index (χ4n) is 3.21. The molecule has 1 saturated heterocycles. The zero-order valence-electron chi connectivity index (χ0n) is 14.7. The van der Waals surface area contributed by atoms with E-state index in [2.05, 4.69) is 10.3 Å². The average Bonchev–Trinajstić information content (AvgIpc) is 3.00. The van der Waals surface area contributed by atoms with Gasteiger partial charge in [-0.3, -0.25) is 0 Å². The smallest absolute Gasteiger partial charge is 0.244 e. The Morgan fingerprint density at radius 3 is 2.64 bits per heavy atom. The van der Waals surface area contributed by atoms with Crippen LogP contribution in [0.3, 0.4) is 0 Å². The Balaban J connectivity index is 0.00000225. The van der Waals surface area contributed by atoms with E-state index in [0.717, 1.165) is 11.4 Å². The molecule has 8 heteroatoms. The molecule has 0 amide bonds. The number of imidazole rings is 1. The predicted octanol–water partition coefficient (Wildman–Crippen LogP) is 2.30. The Kier molecular flexibility index (Phi) is 6.26. The molecule has 2 aromatic rings. The minimum absolute atomic E-state index is 0. The van der Waals surface area contributed by atoms with Crippen molar-refractivity contribution in [3.8, 4) is 0 Å². The Bertz CT molecular complexity index is 820. The number of halogens is 1. The van der Waals surface area contributed by atoms with E-state index in [1.54, 1.807) is 22.6 Å². The lowest BCUT2D eigenvalue weighted by Gasteiger charge is -2.35. The average molecular weight is 385 g/mol. The van der Waals surface area contributed by atoms with Crippen molar-refractivity contribution in [3.63, 3.8) is 0 Å². The summed E-state index contributed by atoms with van der Waals surface area (Å²) in [6, 6.07) is 6.99. The fraction of sp³-hybridized carbons (Fsp3) is 0.471. The molecule has 1 atom stereocenters. The molecule has 6 nitrogen and oxygen atoms in total. The molecule has 1 N–H and O–H groups in total. The van der Waals surface area contributed by atoms with E-state index in [1.807, 2.05) is 43.8 Å². The maximum atomic E-state index is 13.4. The Hall–Kier alpha value is -1.41. The van der Waals surface area contributed by atoms with E-state index in [4.69, 9.17) is 0 Å². The first-order valence-electron chi connectivity index (χ1n) is 8.21. The van der Waals surface area contributed by atoms with Gasteiger partial charge in [0.1, 0.15) is 5.82 Å². The van der Waals surface area contributed by atoms with Crippen LogP contribution in [0.2, 0.25) is 0 Å². The second kappa shape index (κ2) is 7.86. The molecule has 138 valence electrons. The van der Waals surface area contributed by atoms with Gasteiger partial charge in [0.15, 0.2) is 0 Å². The van der Waals surface area contributed by atoms with Crippen LogP contribution >= 0.6 is 12.4 Å². The Labute approximate surface area is 155 Å². The number of rotatable bonds is 4. The summed E-state index contributed by atoms with van der Waals surface area (Å²) >= 11 is 0. The fourth-order valence-corrected chi connectivity index (χ4v) is 5.15. The molecule has 0 saturated carbocycles. The monoisotopic (exact) mass is 384 g/mol. The molecule has 1 aromatic heterocycles. The van der Waals surface area contributed by atoms with Crippen LogP contribution in [0.15, 0.2) is 41.6 Å². The first-order chi connectivity index (χ1) is 11.4. The highest BCUT2D eigenvalue weighted by Crippen LogP contribution is 2.31. The van der Waals surface area contributed by atoms with Gasteiger partial charge >= 0.3 is 0 Å². The zero-order chi connectivity index (χ0) is 17.3. The Morgan fingerprint density at radius 2 is 2.00 bits per heavy atom. The number of hydrogen-bond donors (Lipinski definition) is 1. The van der Waals surface area contributed by atoms with Crippen LogP contribution in [0.1, 0.15) is 37.2 Å². The molecule has 0 bridgehead atoms. The lowest BCUT2D eigenvalue weighted by Crippen LogP contribution is -2.49. The standard InChI is InChI=1S/C17H24N4O2S.ClH/c1-13(2)14-6-4-5-7-16(14)24(22,23)21-11-8-18-12-15(21)17-19-9-10-20(17)3;/h4-7,9-10,13,15,18H,8,11-12H2,1-3H3;1H. The van der Waals surface area contributed by atoms with Gasteiger partial charge in [-0.25, -0.2) is 13.4 Å². The first kappa shape index (κ1) is 19.9. The van der Waals surface area contributed by atoms with Gasteiger partial charge in [0.05, 0.1) is 10.9 Å². The van der Waals surface area contributed by atoms with E-state index in [1.165, 1.54) is 0 Å². The third-order valence-electron chi connectivity index (χ3n) is 4.48. The highest BCUT2D eigenvalue weighted by Gasteiger charge is 2.37. The van der Waals surface area contributed by atoms with Crippen molar-refractivity contribution in [2.24, 2.45) is 7.05 Å². The normalized spacial score (nSPS) is 19.0. The summed E-state index contributed by atoms with van der Waals surface area (Å²) in [6.07, 6.45) is 3.55. The van der Waals surface area contributed by atoms with E-state index in [9.17, 15) is 8.42 Å². The van der Waals surface area contributed by atoms with Crippen molar-refractivity contribution in [2.45, 2.75) is 30.7 Å². The van der Waals surface area contributed by atoms with Crippen LogP contribution < -0.4 is 5.32 Å². The topological polar surface area (TPSA) is 67.2 Å². The molecule has 0 aliphatic carbocycles. The molecule has 1 unspecified atom stereocenters. The molecule has 2 heterocycles. The molecule has 1 aromatic carbocycles. The number of aryl methyl sites for hydroxylation is 1. The minimum atomic E-state index is -3.59. The number of sulfonamides is 1. The molecule has 25 heavy (non-hydrogen) atoms. The number of benzene rings is 1. The maximum absolute atomic E-state index is 13.4. The van der Waals surface area contributed by atoms with Gasteiger partial charge in [-0.05, 0) is 17.5 Å². The summed E-state index contributed by atoms with van der Waals surface area (Å²) in [5.41, 5.74) is 0.856. The molecule has 1 aliphatic heterocycles. The SMILES string of the molecule is CC(C)c1ccccc1S(=O)(=O)N1CCNCC1c1nccn1C.Cl. The molecule has 3 rings (SSSR count). The van der Waals surface area contributed by atoms with Gasteiger partial charge in [-0.1, -0.05) is 32.0 Å². The third kappa shape index (κ3) is 3.74. The van der Waals surface area contributed by atoms with Crippen LogP contribution in [-0.4, -0.2) is 41.9 Å². The first-order valence-corrected chi connectivity index (χ1v) is 9.65. The van der Waals surface area contributed by atoms with Crippen molar-refractivity contribution in [2.75, 3.05) is 19.6 Å². The van der Waals surface area contributed by atoms with Crippen molar-refractivity contribution in [1.82, 2.24) is 19.2 Å². The van der Waals surface area contributed by atoms with Gasteiger partial charge in [-0.2, -0.15) is 4.31 Å². The minimum Gasteiger partial charge on any atom is -0.337 e. The van der Waals surface area contributed by atoms with Gasteiger partial charge in [0, 0.05) is 39.1 Å². The second-order valence-electron chi connectivity index (χ2n) is 6.42. The van der Waals surface area contributed by atoms with Crippen LogP contribution in [-0.2, 0) is 17.1 Å². The molecule has 0 radical (unpaired) electrons. The number of piperazine rings is 1. The summed E-state index contributed by atoms with van der Waals surface area (Å²) in [7, 11) is -1.70. The molecular weight excluding hydrogens is 360 g/mol. The molecular formula is C17H25ClN4O2S. The van der Waals surface area contributed by atoms with Crippen LogP contribution in [0.4, 0.5) is 0 Å². The number of hydrogen-bond acceptors (Lipinski definition) is 4. The summed E-state index contributed by atoms with van der Waals surface area (Å²) in [5.74, 6) is 0.901. The van der Waals surface area contributed by atoms with Crippen molar-refractivity contribution >= 4 is 22.4 Å². The van der Waals surface area contributed by atoms with Gasteiger partial charge in [-0.15, -0.1) is 12.4 Å². The largest absolute Gasteiger partial charge is 0.337 e. The number of nitrogens with one attached hydrogen (secondary N) is 1. The van der Waals surface area contributed by atoms with E-state index >= 15 is 0 Å². The summed E-state index contributed by atoms with van der Waals surface area (Å²) < 4.78 is 30.3. The van der Waals surface area contributed by atoms with Gasteiger partial charge < -0.3 is 9.88 Å². The third-order valence-corrected chi connectivity index (χ3v) is 6.46. The lowest BCUT2D eigenvalue weighted by molar-refractivity contribution is 0.258. The molecule has 0 spiro atoms. The summed E-state index contributed by atoms with van der Waals surface area (Å²) in [5, 5.41) is 3.28. The summed E-state index contributed by atoms with van der Waals surface area (Å²) in [4.78, 5) is 4.78. The van der Waals surface area contributed by atoms with Gasteiger partial charge in [0.25, 0.3) is 0 Å². The molecule has 1 aliphatic rings.